The van der Waals surface area contributed by atoms with Gasteiger partial charge >= 0.3 is 0 Å². The standard InChI is InChI=1S/C8H13ClF2N2/c1-8(2)5-13(4-6(10)11)7(3-9)12-8/h6H,3-5H2,1-2H3. The van der Waals surface area contributed by atoms with E-state index in [0.717, 1.165) is 0 Å². The molecule has 0 spiro atoms. The third-order valence-corrected chi connectivity index (χ3v) is 2.09. The molecule has 5 heteroatoms. The van der Waals surface area contributed by atoms with Crippen LogP contribution in [-0.2, 0) is 0 Å². The van der Waals surface area contributed by atoms with Crippen LogP contribution >= 0.6 is 11.6 Å². The third-order valence-electron chi connectivity index (χ3n) is 1.85. The van der Waals surface area contributed by atoms with Crippen LogP contribution in [0.4, 0.5) is 8.78 Å². The lowest BCUT2D eigenvalue weighted by molar-refractivity contribution is 0.115. The van der Waals surface area contributed by atoms with E-state index in [4.69, 9.17) is 11.6 Å². The highest BCUT2D eigenvalue weighted by atomic mass is 35.5. The van der Waals surface area contributed by atoms with Crippen LogP contribution in [0.15, 0.2) is 4.99 Å². The third kappa shape index (κ3) is 2.79. The van der Waals surface area contributed by atoms with Crippen molar-refractivity contribution in [2.24, 2.45) is 4.99 Å². The highest BCUT2D eigenvalue weighted by molar-refractivity contribution is 6.28. The Bertz CT molecular complexity index is 216. The lowest BCUT2D eigenvalue weighted by Gasteiger charge is -2.21. The summed E-state index contributed by atoms with van der Waals surface area (Å²) in [7, 11) is 0. The van der Waals surface area contributed by atoms with Gasteiger partial charge in [-0.05, 0) is 13.8 Å². The van der Waals surface area contributed by atoms with Gasteiger partial charge in [0.15, 0.2) is 0 Å². The summed E-state index contributed by atoms with van der Waals surface area (Å²) < 4.78 is 24.2. The molecule has 13 heavy (non-hydrogen) atoms. The van der Waals surface area contributed by atoms with Crippen molar-refractivity contribution in [2.75, 3.05) is 19.0 Å². The average molecular weight is 211 g/mol. The maximum Gasteiger partial charge on any atom is 0.255 e. The lowest BCUT2D eigenvalue weighted by Crippen LogP contribution is -2.36. The van der Waals surface area contributed by atoms with Gasteiger partial charge in [-0.1, -0.05) is 0 Å². The van der Waals surface area contributed by atoms with Gasteiger partial charge in [-0.2, -0.15) is 0 Å². The van der Waals surface area contributed by atoms with Gasteiger partial charge in [0.25, 0.3) is 6.43 Å². The first kappa shape index (κ1) is 10.7. The molecule has 0 saturated heterocycles. The molecular formula is C8H13ClF2N2. The first-order chi connectivity index (χ1) is 5.94. The summed E-state index contributed by atoms with van der Waals surface area (Å²) in [5.74, 6) is 0.780. The average Bonchev–Trinajstić information content (AvgIpc) is 2.24. The van der Waals surface area contributed by atoms with E-state index in [1.165, 1.54) is 0 Å². The molecule has 0 radical (unpaired) electrons. The van der Waals surface area contributed by atoms with E-state index < -0.39 is 6.43 Å². The lowest BCUT2D eigenvalue weighted by atomic mass is 10.1. The SMILES string of the molecule is CC1(C)CN(CC(F)F)C(CCl)=N1. The molecule has 1 heterocycles. The smallest absolute Gasteiger partial charge is 0.255 e. The van der Waals surface area contributed by atoms with Crippen LogP contribution in [-0.4, -0.2) is 41.7 Å². The van der Waals surface area contributed by atoms with E-state index in [0.29, 0.717) is 12.4 Å². The fourth-order valence-corrected chi connectivity index (χ4v) is 1.69. The molecule has 76 valence electrons. The van der Waals surface area contributed by atoms with Gasteiger partial charge in [0, 0.05) is 6.54 Å². The summed E-state index contributed by atoms with van der Waals surface area (Å²) >= 11 is 5.60. The van der Waals surface area contributed by atoms with E-state index in [9.17, 15) is 8.78 Å². The summed E-state index contributed by atoms with van der Waals surface area (Å²) in [6, 6.07) is 0. The van der Waals surface area contributed by atoms with Crippen molar-refractivity contribution in [1.29, 1.82) is 0 Å². The number of hydrogen-bond acceptors (Lipinski definition) is 2. The number of hydrogen-bond donors (Lipinski definition) is 0. The van der Waals surface area contributed by atoms with Gasteiger partial charge in [0.2, 0.25) is 0 Å². The molecule has 0 amide bonds. The number of aliphatic imine (C=N–C) groups is 1. The Morgan fingerprint density at radius 3 is 2.69 bits per heavy atom. The molecule has 2 nitrogen and oxygen atoms in total. The van der Waals surface area contributed by atoms with E-state index >= 15 is 0 Å². The van der Waals surface area contributed by atoms with Gasteiger partial charge < -0.3 is 4.90 Å². The molecular weight excluding hydrogens is 198 g/mol. The van der Waals surface area contributed by atoms with E-state index in [1.54, 1.807) is 4.90 Å². The zero-order valence-corrected chi connectivity index (χ0v) is 8.48. The molecule has 1 aliphatic heterocycles. The molecule has 1 rings (SSSR count). The largest absolute Gasteiger partial charge is 0.351 e. The van der Waals surface area contributed by atoms with Crippen molar-refractivity contribution in [2.45, 2.75) is 25.8 Å². The molecule has 0 aromatic heterocycles. The number of amidine groups is 1. The Labute approximate surface area is 81.6 Å². The van der Waals surface area contributed by atoms with Gasteiger partial charge in [0.1, 0.15) is 5.84 Å². The second kappa shape index (κ2) is 3.78. The Hall–Kier alpha value is -0.380. The first-order valence-corrected chi connectivity index (χ1v) is 4.66. The van der Waals surface area contributed by atoms with Crippen molar-refractivity contribution in [3.05, 3.63) is 0 Å². The van der Waals surface area contributed by atoms with Crippen molar-refractivity contribution >= 4 is 17.4 Å². The minimum atomic E-state index is -2.33. The molecule has 0 atom stereocenters. The van der Waals surface area contributed by atoms with Crippen LogP contribution < -0.4 is 0 Å². The van der Waals surface area contributed by atoms with Crippen molar-refractivity contribution in [1.82, 2.24) is 4.90 Å². The topological polar surface area (TPSA) is 15.6 Å². The zero-order valence-electron chi connectivity index (χ0n) is 7.73. The minimum Gasteiger partial charge on any atom is -0.351 e. The Balaban J connectivity index is 2.64. The van der Waals surface area contributed by atoms with Gasteiger partial charge in [-0.25, -0.2) is 8.78 Å². The summed E-state index contributed by atoms with van der Waals surface area (Å²) in [6.07, 6.45) is -2.33. The van der Waals surface area contributed by atoms with Crippen LogP contribution in [0.2, 0.25) is 0 Å². The molecule has 0 unspecified atom stereocenters. The molecule has 1 aliphatic rings. The first-order valence-electron chi connectivity index (χ1n) is 4.12. The summed E-state index contributed by atoms with van der Waals surface area (Å²) in [5, 5.41) is 0. The maximum absolute atomic E-state index is 12.1. The van der Waals surface area contributed by atoms with Crippen molar-refractivity contribution in [3.63, 3.8) is 0 Å². The predicted molar refractivity (Wildman–Crippen MR) is 49.8 cm³/mol. The molecule has 0 saturated carbocycles. The van der Waals surface area contributed by atoms with E-state index in [-0.39, 0.29) is 18.0 Å². The zero-order chi connectivity index (χ0) is 10.1. The van der Waals surface area contributed by atoms with Crippen LogP contribution in [0.3, 0.4) is 0 Å². The molecule has 0 aliphatic carbocycles. The molecule has 0 aromatic carbocycles. The predicted octanol–water partition coefficient (Wildman–Crippen LogP) is 1.98. The van der Waals surface area contributed by atoms with Crippen molar-refractivity contribution < 1.29 is 8.78 Å². The second-order valence-corrected chi connectivity index (χ2v) is 4.01. The molecule has 0 aromatic rings. The highest BCUT2D eigenvalue weighted by Gasteiger charge is 2.31. The Morgan fingerprint density at radius 1 is 1.62 bits per heavy atom. The maximum atomic E-state index is 12.1. The molecule has 0 bridgehead atoms. The quantitative estimate of drug-likeness (QED) is 0.651. The minimum absolute atomic E-state index is 0.205. The summed E-state index contributed by atoms with van der Waals surface area (Å²) in [4.78, 5) is 5.80. The number of alkyl halides is 3. The normalized spacial score (nSPS) is 21.1. The van der Waals surface area contributed by atoms with Crippen LogP contribution in [0.25, 0.3) is 0 Å². The van der Waals surface area contributed by atoms with Crippen molar-refractivity contribution in [3.8, 4) is 0 Å². The second-order valence-electron chi connectivity index (χ2n) is 3.75. The van der Waals surface area contributed by atoms with Crippen LogP contribution in [0, 0.1) is 0 Å². The summed E-state index contributed by atoms with van der Waals surface area (Å²) in [5.41, 5.74) is -0.279. The van der Waals surface area contributed by atoms with Crippen LogP contribution in [0.5, 0.6) is 0 Å². The fourth-order valence-electron chi connectivity index (χ4n) is 1.46. The Kier molecular flexibility index (Phi) is 3.11. The highest BCUT2D eigenvalue weighted by Crippen LogP contribution is 2.21. The van der Waals surface area contributed by atoms with E-state index in [2.05, 4.69) is 4.99 Å². The number of halogens is 3. The number of nitrogens with zero attached hydrogens (tertiary/aromatic N) is 2. The monoisotopic (exact) mass is 210 g/mol. The number of rotatable bonds is 3. The van der Waals surface area contributed by atoms with E-state index in [1.807, 2.05) is 13.8 Å². The van der Waals surface area contributed by atoms with Crippen LogP contribution in [0.1, 0.15) is 13.8 Å². The molecule has 0 fully saturated rings. The van der Waals surface area contributed by atoms with Gasteiger partial charge in [0.05, 0.1) is 18.0 Å². The van der Waals surface area contributed by atoms with Gasteiger partial charge in [-0.3, -0.25) is 4.99 Å². The fraction of sp³-hybridized carbons (Fsp3) is 0.875. The Morgan fingerprint density at radius 2 is 2.23 bits per heavy atom. The molecule has 0 N–H and O–H groups in total. The van der Waals surface area contributed by atoms with Gasteiger partial charge in [-0.15, -0.1) is 11.6 Å². The summed E-state index contributed by atoms with van der Waals surface area (Å²) in [6.45, 7) is 4.07.